The van der Waals surface area contributed by atoms with E-state index in [9.17, 15) is 4.79 Å². The van der Waals surface area contributed by atoms with Crippen molar-refractivity contribution in [2.24, 2.45) is 0 Å². The molecule has 2 aromatic carbocycles. The highest BCUT2D eigenvalue weighted by Gasteiger charge is 2.12. The summed E-state index contributed by atoms with van der Waals surface area (Å²) in [7, 11) is 0. The molecule has 0 aliphatic heterocycles. The molecular weight excluding hydrogens is 350 g/mol. The van der Waals surface area contributed by atoms with E-state index < -0.39 is 6.29 Å². The quantitative estimate of drug-likeness (QED) is 0.476. The monoisotopic (exact) mass is 375 g/mol. The molecule has 3 rings (SSSR count). The van der Waals surface area contributed by atoms with E-state index in [1.807, 2.05) is 62.4 Å². The van der Waals surface area contributed by atoms with E-state index >= 15 is 0 Å². The van der Waals surface area contributed by atoms with Crippen LogP contribution in [0.3, 0.4) is 0 Å². The van der Waals surface area contributed by atoms with E-state index in [-0.39, 0.29) is 5.56 Å². The van der Waals surface area contributed by atoms with Gasteiger partial charge >= 0.3 is 0 Å². The van der Waals surface area contributed by atoms with Gasteiger partial charge in [-0.25, -0.2) is 0 Å². The smallest absolute Gasteiger partial charge is 0.264 e. The lowest BCUT2D eigenvalue weighted by Gasteiger charge is -2.14. The first kappa shape index (κ1) is 19.9. The maximum absolute atomic E-state index is 13.5. The first-order valence-corrected chi connectivity index (χ1v) is 9.67. The van der Waals surface area contributed by atoms with Crippen molar-refractivity contribution in [1.29, 1.82) is 0 Å². The number of aromatic nitrogens is 1. The second kappa shape index (κ2) is 9.36. The largest absolute Gasteiger partial charge is 0.342 e. The maximum Gasteiger partial charge on any atom is 0.264 e. The molecule has 0 saturated carbocycles. The summed E-state index contributed by atoms with van der Waals surface area (Å²) in [6.07, 6.45) is 0.156. The molecule has 0 aliphatic carbocycles. The fourth-order valence-electron chi connectivity index (χ4n) is 3.21. The van der Waals surface area contributed by atoms with E-state index in [0.29, 0.717) is 24.2 Å². The van der Waals surface area contributed by atoms with Crippen LogP contribution < -0.4 is 5.56 Å². The van der Waals surface area contributed by atoms with Crippen LogP contribution in [0.1, 0.15) is 32.0 Å². The molecule has 0 aliphatic rings. The van der Waals surface area contributed by atoms with Gasteiger partial charge in [-0.15, -0.1) is 0 Å². The van der Waals surface area contributed by atoms with Crippen LogP contribution >= 0.6 is 0 Å². The number of ether oxygens (including phenoxy) is 2. The molecule has 0 amide bonds. The van der Waals surface area contributed by atoms with Crippen LogP contribution in [0.25, 0.3) is 16.5 Å². The average Bonchev–Trinajstić information content (AvgIpc) is 2.72. The summed E-state index contributed by atoms with van der Waals surface area (Å²) >= 11 is 0. The van der Waals surface area contributed by atoms with Gasteiger partial charge in [0.25, 0.3) is 5.56 Å². The Labute approximate surface area is 165 Å². The molecule has 1 heterocycles. The third kappa shape index (κ3) is 4.17. The van der Waals surface area contributed by atoms with E-state index in [0.717, 1.165) is 23.2 Å². The topological polar surface area (TPSA) is 40.5 Å². The number of fused-ring (bicyclic) bond motifs is 1. The van der Waals surface area contributed by atoms with Crippen molar-refractivity contribution in [2.75, 3.05) is 13.2 Å². The highest BCUT2D eigenvalue weighted by Crippen LogP contribution is 2.19. The van der Waals surface area contributed by atoms with Crippen molar-refractivity contribution in [3.63, 3.8) is 0 Å². The molecule has 0 bridgehead atoms. The number of pyridine rings is 1. The summed E-state index contributed by atoms with van der Waals surface area (Å²) in [6, 6.07) is 17.5. The molecule has 1 aromatic heterocycles. The van der Waals surface area contributed by atoms with Crippen LogP contribution in [0.15, 0.2) is 59.4 Å². The number of benzene rings is 2. The molecule has 0 spiro atoms. The van der Waals surface area contributed by atoms with Gasteiger partial charge in [-0.3, -0.25) is 9.36 Å². The van der Waals surface area contributed by atoms with E-state index in [2.05, 4.69) is 24.8 Å². The van der Waals surface area contributed by atoms with Gasteiger partial charge in [0.2, 0.25) is 6.29 Å². The fraction of sp³-hybridized carbons (Fsp3) is 0.292. The zero-order valence-electron chi connectivity index (χ0n) is 16.6. The number of rotatable bonds is 6. The minimum absolute atomic E-state index is 0.0604. The number of nitrogens with zero attached hydrogens (tertiary/aromatic N) is 1. The van der Waals surface area contributed by atoms with Crippen molar-refractivity contribution >= 4 is 10.8 Å². The summed E-state index contributed by atoms with van der Waals surface area (Å²) in [6.45, 7) is 6.87. The van der Waals surface area contributed by atoms with Gasteiger partial charge in [0.1, 0.15) is 0 Å². The molecular formula is C24H25NO3. The van der Waals surface area contributed by atoms with E-state index in [4.69, 9.17) is 9.47 Å². The number of para-hydroxylation sites is 1. The standard InChI is InChI=1S/C24H25NO3/c1-4-20-17-19-12-10-11-18(15-16-22(27-5-2)28-6-3)23(19)24(26)25(20)21-13-8-7-9-14-21/h7-14,17,22H,4-6H2,1-3H3. The zero-order chi connectivity index (χ0) is 19.9. The Hall–Kier alpha value is -2.87. The van der Waals surface area contributed by atoms with E-state index in [1.165, 1.54) is 0 Å². The molecule has 0 N–H and O–H groups in total. The van der Waals surface area contributed by atoms with E-state index in [1.54, 1.807) is 4.57 Å². The lowest BCUT2D eigenvalue weighted by molar-refractivity contribution is -0.0969. The molecule has 0 atom stereocenters. The molecule has 28 heavy (non-hydrogen) atoms. The second-order valence-electron chi connectivity index (χ2n) is 6.25. The minimum atomic E-state index is -0.600. The van der Waals surface area contributed by atoms with Crippen LogP contribution in [-0.4, -0.2) is 24.1 Å². The van der Waals surface area contributed by atoms with Gasteiger partial charge in [0.05, 0.1) is 5.39 Å². The average molecular weight is 375 g/mol. The normalized spacial score (nSPS) is 10.9. The Morgan fingerprint density at radius 3 is 2.32 bits per heavy atom. The Kier molecular flexibility index (Phi) is 6.65. The summed E-state index contributed by atoms with van der Waals surface area (Å²) in [4.78, 5) is 13.5. The Morgan fingerprint density at radius 2 is 1.68 bits per heavy atom. The lowest BCUT2D eigenvalue weighted by atomic mass is 10.0. The van der Waals surface area contributed by atoms with Crippen molar-refractivity contribution < 1.29 is 9.47 Å². The summed E-state index contributed by atoms with van der Waals surface area (Å²) in [5.41, 5.74) is 2.44. The number of hydrogen-bond acceptors (Lipinski definition) is 3. The molecule has 0 fully saturated rings. The van der Waals surface area contributed by atoms with Crippen LogP contribution in [0, 0.1) is 11.8 Å². The van der Waals surface area contributed by atoms with Gasteiger partial charge < -0.3 is 9.47 Å². The first-order valence-electron chi connectivity index (χ1n) is 9.67. The third-order valence-corrected chi connectivity index (χ3v) is 4.46. The summed E-state index contributed by atoms with van der Waals surface area (Å²) in [5.74, 6) is 6.10. The number of aryl methyl sites for hydroxylation is 1. The van der Waals surface area contributed by atoms with Crippen LogP contribution in [-0.2, 0) is 15.9 Å². The van der Waals surface area contributed by atoms with Crippen LogP contribution in [0.2, 0.25) is 0 Å². The Morgan fingerprint density at radius 1 is 0.964 bits per heavy atom. The maximum atomic E-state index is 13.5. The number of hydrogen-bond donors (Lipinski definition) is 0. The van der Waals surface area contributed by atoms with Crippen molar-refractivity contribution in [3.05, 3.63) is 76.2 Å². The molecule has 0 radical (unpaired) electrons. The minimum Gasteiger partial charge on any atom is -0.342 e. The zero-order valence-corrected chi connectivity index (χ0v) is 16.6. The molecule has 0 unspecified atom stereocenters. The van der Waals surface area contributed by atoms with Gasteiger partial charge in [0.15, 0.2) is 0 Å². The molecule has 4 heteroatoms. The summed E-state index contributed by atoms with van der Waals surface area (Å²) < 4.78 is 12.8. The van der Waals surface area contributed by atoms with Crippen molar-refractivity contribution in [3.8, 4) is 17.5 Å². The van der Waals surface area contributed by atoms with Crippen LogP contribution in [0.4, 0.5) is 0 Å². The summed E-state index contributed by atoms with van der Waals surface area (Å²) in [5, 5.41) is 1.51. The predicted molar refractivity (Wildman–Crippen MR) is 113 cm³/mol. The van der Waals surface area contributed by atoms with Crippen molar-refractivity contribution in [2.45, 2.75) is 33.5 Å². The van der Waals surface area contributed by atoms with Gasteiger partial charge in [-0.2, -0.15) is 0 Å². The van der Waals surface area contributed by atoms with Gasteiger partial charge in [-0.1, -0.05) is 43.2 Å². The highest BCUT2D eigenvalue weighted by atomic mass is 16.7. The molecule has 0 saturated heterocycles. The molecule has 4 nitrogen and oxygen atoms in total. The Bertz CT molecular complexity index is 1050. The third-order valence-electron chi connectivity index (χ3n) is 4.46. The van der Waals surface area contributed by atoms with Crippen molar-refractivity contribution in [1.82, 2.24) is 4.57 Å². The lowest BCUT2D eigenvalue weighted by Crippen LogP contribution is -2.22. The molecule has 144 valence electrons. The van der Waals surface area contributed by atoms with Gasteiger partial charge in [-0.05, 0) is 55.8 Å². The SMILES string of the molecule is CCOC(C#Cc1cccc2cc(CC)n(-c3ccccc3)c(=O)c12)OCC. The fourth-order valence-corrected chi connectivity index (χ4v) is 3.21. The van der Waals surface area contributed by atoms with Crippen LogP contribution in [0.5, 0.6) is 0 Å². The second-order valence-corrected chi connectivity index (χ2v) is 6.25. The highest BCUT2D eigenvalue weighted by molar-refractivity contribution is 5.88. The first-order chi connectivity index (χ1) is 13.7. The molecule has 3 aromatic rings. The predicted octanol–water partition coefficient (Wildman–Crippen LogP) is 4.30. The Balaban J connectivity index is 2.20. The van der Waals surface area contributed by atoms with Gasteiger partial charge in [0, 0.05) is 30.2 Å².